The Hall–Kier alpha value is -1.85. The highest BCUT2D eigenvalue weighted by Crippen LogP contribution is 2.10. The topological polar surface area (TPSA) is 75.4 Å². The second kappa shape index (κ2) is 7.81. The van der Waals surface area contributed by atoms with Gasteiger partial charge in [-0.15, -0.1) is 0 Å². The van der Waals surface area contributed by atoms with Gasteiger partial charge in [0.15, 0.2) is 5.82 Å². The molecule has 118 valence electrons. The molecule has 1 N–H and O–H groups in total. The van der Waals surface area contributed by atoms with Crippen LogP contribution >= 0.6 is 0 Å². The molecule has 0 saturated carbocycles. The summed E-state index contributed by atoms with van der Waals surface area (Å²) in [6.45, 7) is 9.22. The molecule has 1 aromatic rings. The summed E-state index contributed by atoms with van der Waals surface area (Å²) in [5.41, 5.74) is -0.116. The molecule has 0 radical (unpaired) electrons. The Morgan fingerprint density at radius 3 is 2.57 bits per heavy atom. The molecule has 0 aliphatic heterocycles. The van der Waals surface area contributed by atoms with Gasteiger partial charge in [0.1, 0.15) is 0 Å². The molecule has 0 bridgehead atoms. The van der Waals surface area contributed by atoms with Crippen LogP contribution in [-0.2, 0) is 11.3 Å². The Morgan fingerprint density at radius 1 is 1.38 bits per heavy atom. The van der Waals surface area contributed by atoms with Crippen LogP contribution in [0.25, 0.3) is 0 Å². The van der Waals surface area contributed by atoms with Crippen LogP contribution in [0.15, 0.2) is 17.2 Å². The number of aliphatic carboxylic acids is 1. The van der Waals surface area contributed by atoms with Crippen LogP contribution in [-0.4, -0.2) is 33.2 Å². The Balaban J connectivity index is 2.97. The standard InChI is InChI=1S/C15H25N3O3/c1-11(2)10-17-9-7-16-14(15(17)21)18(12(3)4)8-5-6-13(19)20/h7,9,11-12H,5-6,8,10H2,1-4H3,(H,19,20). The third kappa shape index (κ3) is 5.21. The van der Waals surface area contributed by atoms with Gasteiger partial charge in [0.05, 0.1) is 0 Å². The maximum absolute atomic E-state index is 12.5. The van der Waals surface area contributed by atoms with Crippen molar-refractivity contribution in [2.45, 2.75) is 53.1 Å². The van der Waals surface area contributed by atoms with E-state index in [0.717, 1.165) is 0 Å². The summed E-state index contributed by atoms with van der Waals surface area (Å²) in [6, 6.07) is 0.0916. The van der Waals surface area contributed by atoms with E-state index in [2.05, 4.69) is 18.8 Å². The van der Waals surface area contributed by atoms with Crippen molar-refractivity contribution in [3.05, 3.63) is 22.7 Å². The SMILES string of the molecule is CC(C)Cn1ccnc(N(CCCC(=O)O)C(C)C)c1=O. The first-order chi connectivity index (χ1) is 9.82. The van der Waals surface area contributed by atoms with Gasteiger partial charge in [-0.2, -0.15) is 0 Å². The lowest BCUT2D eigenvalue weighted by Crippen LogP contribution is -2.39. The normalized spacial score (nSPS) is 11.1. The fraction of sp³-hybridized carbons (Fsp3) is 0.667. The Bertz CT molecular complexity index is 523. The molecule has 0 aromatic carbocycles. The zero-order valence-corrected chi connectivity index (χ0v) is 13.2. The molecule has 21 heavy (non-hydrogen) atoms. The maximum Gasteiger partial charge on any atom is 0.303 e. The molecule has 1 rings (SSSR count). The average molecular weight is 295 g/mol. The minimum absolute atomic E-state index is 0.0916. The minimum Gasteiger partial charge on any atom is -0.481 e. The number of anilines is 1. The van der Waals surface area contributed by atoms with Crippen LogP contribution in [0.5, 0.6) is 0 Å². The molecule has 6 nitrogen and oxygen atoms in total. The van der Waals surface area contributed by atoms with Crippen molar-refractivity contribution in [2.24, 2.45) is 5.92 Å². The molecule has 0 saturated heterocycles. The van der Waals surface area contributed by atoms with Crippen molar-refractivity contribution in [2.75, 3.05) is 11.4 Å². The monoisotopic (exact) mass is 295 g/mol. The Morgan fingerprint density at radius 2 is 2.05 bits per heavy atom. The van der Waals surface area contributed by atoms with E-state index in [1.807, 2.05) is 18.7 Å². The van der Waals surface area contributed by atoms with Crippen LogP contribution in [0.2, 0.25) is 0 Å². The minimum atomic E-state index is -0.822. The van der Waals surface area contributed by atoms with E-state index in [-0.39, 0.29) is 18.0 Å². The summed E-state index contributed by atoms with van der Waals surface area (Å²) < 4.78 is 1.67. The lowest BCUT2D eigenvalue weighted by atomic mass is 10.2. The molecule has 0 amide bonds. The number of carboxylic acid groups (broad SMARTS) is 1. The largest absolute Gasteiger partial charge is 0.481 e. The van der Waals surface area contributed by atoms with Gasteiger partial charge in [-0.25, -0.2) is 4.98 Å². The summed E-state index contributed by atoms with van der Waals surface area (Å²) in [5.74, 6) is -0.0482. The van der Waals surface area contributed by atoms with Crippen LogP contribution in [0.3, 0.4) is 0 Å². The number of rotatable bonds is 8. The molecule has 1 heterocycles. The van der Waals surface area contributed by atoms with E-state index in [4.69, 9.17) is 5.11 Å². The van der Waals surface area contributed by atoms with E-state index < -0.39 is 5.97 Å². The summed E-state index contributed by atoms with van der Waals surface area (Å²) in [5, 5.41) is 8.73. The summed E-state index contributed by atoms with van der Waals surface area (Å²) >= 11 is 0. The molecule has 0 aliphatic rings. The fourth-order valence-corrected chi connectivity index (χ4v) is 2.18. The van der Waals surface area contributed by atoms with E-state index in [1.165, 1.54) is 0 Å². The molecule has 0 atom stereocenters. The number of aromatic nitrogens is 2. The number of nitrogens with zero attached hydrogens (tertiary/aromatic N) is 3. The van der Waals surface area contributed by atoms with Crippen LogP contribution in [0, 0.1) is 5.92 Å². The summed E-state index contributed by atoms with van der Waals surface area (Å²) in [4.78, 5) is 29.2. The smallest absolute Gasteiger partial charge is 0.303 e. The van der Waals surface area contributed by atoms with Gasteiger partial charge >= 0.3 is 5.97 Å². The van der Waals surface area contributed by atoms with Crippen molar-refractivity contribution in [3.8, 4) is 0 Å². The first-order valence-corrected chi connectivity index (χ1v) is 7.36. The van der Waals surface area contributed by atoms with E-state index in [1.54, 1.807) is 17.0 Å². The zero-order chi connectivity index (χ0) is 16.0. The Labute approximate surface area is 125 Å². The number of hydrogen-bond donors (Lipinski definition) is 1. The Kier molecular flexibility index (Phi) is 6.39. The molecule has 0 fully saturated rings. The summed E-state index contributed by atoms with van der Waals surface area (Å²) in [6.07, 6.45) is 3.91. The van der Waals surface area contributed by atoms with Crippen molar-refractivity contribution >= 4 is 11.8 Å². The molecule has 0 unspecified atom stereocenters. The highest BCUT2D eigenvalue weighted by Gasteiger charge is 2.17. The van der Waals surface area contributed by atoms with Crippen molar-refractivity contribution in [1.29, 1.82) is 0 Å². The van der Waals surface area contributed by atoms with Crippen molar-refractivity contribution in [3.63, 3.8) is 0 Å². The van der Waals surface area contributed by atoms with Gasteiger partial charge in [0, 0.05) is 37.9 Å². The van der Waals surface area contributed by atoms with Gasteiger partial charge in [0.25, 0.3) is 5.56 Å². The van der Waals surface area contributed by atoms with Crippen LogP contribution < -0.4 is 10.5 Å². The fourth-order valence-electron chi connectivity index (χ4n) is 2.18. The third-order valence-electron chi connectivity index (χ3n) is 3.14. The van der Waals surface area contributed by atoms with E-state index >= 15 is 0 Å². The lowest BCUT2D eigenvalue weighted by molar-refractivity contribution is -0.137. The first kappa shape index (κ1) is 17.2. The van der Waals surface area contributed by atoms with E-state index in [0.29, 0.717) is 31.2 Å². The van der Waals surface area contributed by atoms with Gasteiger partial charge < -0.3 is 14.6 Å². The van der Waals surface area contributed by atoms with Crippen LogP contribution in [0.4, 0.5) is 5.82 Å². The number of carbonyl (C=O) groups is 1. The van der Waals surface area contributed by atoms with Gasteiger partial charge in [-0.1, -0.05) is 13.8 Å². The molecular weight excluding hydrogens is 270 g/mol. The molecule has 6 heteroatoms. The van der Waals surface area contributed by atoms with Gasteiger partial charge in [-0.05, 0) is 26.2 Å². The average Bonchev–Trinajstić information content (AvgIpc) is 2.36. The third-order valence-corrected chi connectivity index (χ3v) is 3.14. The predicted octanol–water partition coefficient (Wildman–Crippen LogP) is 1.98. The van der Waals surface area contributed by atoms with Crippen molar-refractivity contribution in [1.82, 2.24) is 9.55 Å². The summed E-state index contributed by atoms with van der Waals surface area (Å²) in [7, 11) is 0. The number of hydrogen-bond acceptors (Lipinski definition) is 4. The van der Waals surface area contributed by atoms with E-state index in [9.17, 15) is 9.59 Å². The predicted molar refractivity (Wildman–Crippen MR) is 82.7 cm³/mol. The second-order valence-electron chi connectivity index (χ2n) is 5.89. The second-order valence-corrected chi connectivity index (χ2v) is 5.89. The quantitative estimate of drug-likeness (QED) is 0.793. The molecule has 0 aliphatic carbocycles. The van der Waals surface area contributed by atoms with Gasteiger partial charge in [-0.3, -0.25) is 9.59 Å². The van der Waals surface area contributed by atoms with Gasteiger partial charge in [0.2, 0.25) is 0 Å². The zero-order valence-electron chi connectivity index (χ0n) is 13.2. The number of carboxylic acids is 1. The molecular formula is C15H25N3O3. The van der Waals surface area contributed by atoms with Crippen molar-refractivity contribution < 1.29 is 9.90 Å². The maximum atomic E-state index is 12.5. The lowest BCUT2D eigenvalue weighted by Gasteiger charge is -2.27. The first-order valence-electron chi connectivity index (χ1n) is 7.36. The highest BCUT2D eigenvalue weighted by atomic mass is 16.4. The highest BCUT2D eigenvalue weighted by molar-refractivity contribution is 5.66. The molecule has 0 spiro atoms. The van der Waals surface area contributed by atoms with Crippen LogP contribution in [0.1, 0.15) is 40.5 Å². The molecule has 1 aromatic heterocycles.